The highest BCUT2D eigenvalue weighted by Crippen LogP contribution is 2.32. The van der Waals surface area contributed by atoms with Gasteiger partial charge < -0.3 is 20.9 Å². The summed E-state index contributed by atoms with van der Waals surface area (Å²) in [5.41, 5.74) is 5.77. The van der Waals surface area contributed by atoms with Crippen LogP contribution in [0.25, 0.3) is 0 Å². The summed E-state index contributed by atoms with van der Waals surface area (Å²) in [6, 6.07) is 5.13. The molecule has 0 radical (unpaired) electrons. The maximum atomic E-state index is 12.9. The Bertz CT molecular complexity index is 907. The lowest BCUT2D eigenvalue weighted by atomic mass is 10.1. The normalized spacial score (nSPS) is 14.8. The first kappa shape index (κ1) is 20.9. The van der Waals surface area contributed by atoms with E-state index >= 15 is 0 Å². The zero-order valence-corrected chi connectivity index (χ0v) is 16.4. The van der Waals surface area contributed by atoms with Crippen LogP contribution in [0.2, 0.25) is 0 Å². The number of nitrogens with two attached hydrogens (primary N) is 1. The minimum absolute atomic E-state index is 0.0304. The van der Waals surface area contributed by atoms with Gasteiger partial charge in [0.1, 0.15) is 4.88 Å². The van der Waals surface area contributed by atoms with Gasteiger partial charge in [-0.1, -0.05) is 6.07 Å². The van der Waals surface area contributed by atoms with Crippen LogP contribution in [0, 0.1) is 0 Å². The molecule has 1 saturated heterocycles. The summed E-state index contributed by atoms with van der Waals surface area (Å²) in [7, 11) is 0. The van der Waals surface area contributed by atoms with E-state index in [4.69, 9.17) is 5.73 Å². The van der Waals surface area contributed by atoms with Gasteiger partial charge in [0.25, 0.3) is 11.8 Å². The number of hydrogen-bond donors (Lipinski definition) is 2. The van der Waals surface area contributed by atoms with Crippen LogP contribution < -0.4 is 16.0 Å². The monoisotopic (exact) mass is 427 g/mol. The van der Waals surface area contributed by atoms with Gasteiger partial charge >= 0.3 is 6.18 Å². The maximum Gasteiger partial charge on any atom is 0.416 e. The fourth-order valence-corrected chi connectivity index (χ4v) is 3.82. The van der Waals surface area contributed by atoms with E-state index in [1.54, 1.807) is 22.8 Å². The molecular weight excluding hydrogens is 407 g/mol. The third-order valence-electron chi connectivity index (χ3n) is 4.58. The van der Waals surface area contributed by atoms with E-state index in [1.807, 2.05) is 0 Å². The number of nitrogen functional groups attached to an aromatic ring is 1. The number of alkyl halides is 3. The van der Waals surface area contributed by atoms with Gasteiger partial charge in [-0.25, -0.2) is 0 Å². The van der Waals surface area contributed by atoms with Crippen molar-refractivity contribution in [2.45, 2.75) is 13.1 Å². The van der Waals surface area contributed by atoms with Crippen LogP contribution in [-0.4, -0.2) is 53.8 Å². The molecule has 1 aliphatic rings. The lowest BCUT2D eigenvalue weighted by Crippen LogP contribution is -2.48. The maximum absolute atomic E-state index is 12.9. The van der Waals surface area contributed by atoms with Crippen LogP contribution >= 0.6 is 11.5 Å². The first-order valence-electron chi connectivity index (χ1n) is 8.97. The molecule has 7 nitrogen and oxygen atoms in total. The number of aromatic nitrogens is 1. The molecule has 2 aromatic rings. The zero-order valence-electron chi connectivity index (χ0n) is 15.6. The number of hydrogen-bond acceptors (Lipinski definition) is 6. The number of rotatable bonds is 4. The zero-order chi connectivity index (χ0) is 21.2. The summed E-state index contributed by atoms with van der Waals surface area (Å²) in [5, 5.41) is 2.59. The molecule has 0 atom stereocenters. The molecule has 1 fully saturated rings. The van der Waals surface area contributed by atoms with Crippen molar-refractivity contribution in [3.05, 3.63) is 40.4 Å². The topological polar surface area (TPSA) is 91.6 Å². The number of piperazine rings is 1. The minimum Gasteiger partial charge on any atom is -0.395 e. The van der Waals surface area contributed by atoms with Gasteiger partial charge in [-0.3, -0.25) is 9.59 Å². The van der Waals surface area contributed by atoms with Crippen LogP contribution in [0.1, 0.15) is 32.6 Å². The molecule has 0 bridgehead atoms. The standard InChI is InChI=1S/C18H20F3N5O2S/c1-2-23-16(27)14-13(22)15(29-24-14)17(28)26-8-6-25(7-9-26)12-5-3-4-11(10-12)18(19,20)21/h3-5,10H,2,6-9,22H2,1H3,(H,23,27). The van der Waals surface area contributed by atoms with Crippen molar-refractivity contribution < 1.29 is 22.8 Å². The molecule has 0 aliphatic carbocycles. The smallest absolute Gasteiger partial charge is 0.395 e. The van der Waals surface area contributed by atoms with Crippen LogP contribution in [0.3, 0.4) is 0 Å². The second-order valence-corrected chi connectivity index (χ2v) is 7.23. The Balaban J connectivity index is 1.67. The van der Waals surface area contributed by atoms with E-state index in [9.17, 15) is 22.8 Å². The van der Waals surface area contributed by atoms with Gasteiger partial charge in [-0.2, -0.15) is 17.5 Å². The van der Waals surface area contributed by atoms with Crippen molar-refractivity contribution in [3.63, 3.8) is 0 Å². The van der Waals surface area contributed by atoms with Gasteiger partial charge in [-0.15, -0.1) is 0 Å². The lowest BCUT2D eigenvalue weighted by Gasteiger charge is -2.36. The molecule has 3 rings (SSSR count). The Hall–Kier alpha value is -2.82. The molecular formula is C18H20F3N5O2S. The summed E-state index contributed by atoms with van der Waals surface area (Å²) < 4.78 is 42.7. The van der Waals surface area contributed by atoms with Crippen molar-refractivity contribution in [2.75, 3.05) is 43.4 Å². The molecule has 156 valence electrons. The summed E-state index contributed by atoms with van der Waals surface area (Å²) >= 11 is 0.868. The van der Waals surface area contributed by atoms with Crippen LogP contribution in [-0.2, 0) is 6.18 Å². The van der Waals surface area contributed by atoms with Gasteiger partial charge in [0.05, 0.1) is 11.3 Å². The predicted molar refractivity (Wildman–Crippen MR) is 104 cm³/mol. The highest BCUT2D eigenvalue weighted by Gasteiger charge is 2.32. The first-order chi connectivity index (χ1) is 13.7. The second-order valence-electron chi connectivity index (χ2n) is 6.46. The number of carbonyl (C=O) groups is 2. The molecule has 2 heterocycles. The number of amides is 2. The molecule has 29 heavy (non-hydrogen) atoms. The Morgan fingerprint density at radius 1 is 1.24 bits per heavy atom. The molecule has 1 aliphatic heterocycles. The van der Waals surface area contributed by atoms with Crippen molar-refractivity contribution in [3.8, 4) is 0 Å². The quantitative estimate of drug-likeness (QED) is 0.782. The van der Waals surface area contributed by atoms with E-state index in [2.05, 4.69) is 9.69 Å². The number of benzene rings is 1. The molecule has 2 amide bonds. The van der Waals surface area contributed by atoms with Crippen molar-refractivity contribution in [1.29, 1.82) is 0 Å². The number of nitrogens with zero attached hydrogens (tertiary/aromatic N) is 3. The van der Waals surface area contributed by atoms with Crippen LogP contribution in [0.15, 0.2) is 24.3 Å². The molecule has 11 heteroatoms. The molecule has 1 aromatic carbocycles. The number of anilines is 2. The van der Waals surface area contributed by atoms with Crippen LogP contribution in [0.5, 0.6) is 0 Å². The summed E-state index contributed by atoms with van der Waals surface area (Å²) in [6.07, 6.45) is -4.40. The van der Waals surface area contributed by atoms with Gasteiger partial charge in [0.15, 0.2) is 5.69 Å². The largest absolute Gasteiger partial charge is 0.416 e. The summed E-state index contributed by atoms with van der Waals surface area (Å²) in [5.74, 6) is -0.770. The Kier molecular flexibility index (Phi) is 5.96. The van der Waals surface area contributed by atoms with Crippen molar-refractivity contribution >= 4 is 34.7 Å². The highest BCUT2D eigenvalue weighted by molar-refractivity contribution is 7.09. The summed E-state index contributed by atoms with van der Waals surface area (Å²) in [4.78, 5) is 28.2. The molecule has 0 saturated carbocycles. The van der Waals surface area contributed by atoms with E-state index in [0.29, 0.717) is 38.4 Å². The van der Waals surface area contributed by atoms with Crippen LogP contribution in [0.4, 0.5) is 24.5 Å². The van der Waals surface area contributed by atoms with Gasteiger partial charge in [-0.05, 0) is 36.7 Å². The molecule has 1 aromatic heterocycles. The number of carbonyl (C=O) groups excluding carboxylic acids is 2. The van der Waals surface area contributed by atoms with E-state index < -0.39 is 17.6 Å². The fraction of sp³-hybridized carbons (Fsp3) is 0.389. The second kappa shape index (κ2) is 8.27. The third kappa shape index (κ3) is 4.44. The van der Waals surface area contributed by atoms with E-state index in [-0.39, 0.29) is 22.2 Å². The Morgan fingerprint density at radius 3 is 2.55 bits per heavy atom. The Labute approximate surface area is 169 Å². The number of nitrogens with one attached hydrogen (secondary N) is 1. The SMILES string of the molecule is CCNC(=O)c1nsc(C(=O)N2CCN(c3cccc(C(F)(F)F)c3)CC2)c1N. The molecule has 0 unspecified atom stereocenters. The molecule has 3 N–H and O–H groups in total. The lowest BCUT2D eigenvalue weighted by molar-refractivity contribution is -0.137. The van der Waals surface area contributed by atoms with E-state index in [1.165, 1.54) is 6.07 Å². The fourth-order valence-electron chi connectivity index (χ4n) is 3.05. The van der Waals surface area contributed by atoms with Gasteiger partial charge in [0, 0.05) is 38.4 Å². The third-order valence-corrected chi connectivity index (χ3v) is 5.43. The van der Waals surface area contributed by atoms with Crippen molar-refractivity contribution in [2.24, 2.45) is 0 Å². The van der Waals surface area contributed by atoms with E-state index in [0.717, 1.165) is 23.7 Å². The average Bonchev–Trinajstić information content (AvgIpc) is 3.08. The van der Waals surface area contributed by atoms with Crippen molar-refractivity contribution in [1.82, 2.24) is 14.6 Å². The first-order valence-corrected chi connectivity index (χ1v) is 9.74. The molecule has 0 spiro atoms. The predicted octanol–water partition coefficient (Wildman–Crippen LogP) is 2.46. The summed E-state index contributed by atoms with van der Waals surface area (Å²) in [6.45, 7) is 3.59. The minimum atomic E-state index is -4.40. The van der Waals surface area contributed by atoms with Gasteiger partial charge in [0.2, 0.25) is 0 Å². The highest BCUT2D eigenvalue weighted by atomic mass is 32.1. The average molecular weight is 427 g/mol. The Morgan fingerprint density at radius 2 is 1.93 bits per heavy atom. The number of halogens is 3.